The molecule has 0 unspecified atom stereocenters. The average molecular weight is 427 g/mol. The van der Waals surface area contributed by atoms with Gasteiger partial charge in [-0.15, -0.1) is 22.0 Å². The van der Waals surface area contributed by atoms with Crippen LogP contribution >= 0.6 is 23.5 Å². The zero-order valence-electron chi connectivity index (χ0n) is 16.8. The van der Waals surface area contributed by atoms with Gasteiger partial charge in [0.2, 0.25) is 5.91 Å². The quantitative estimate of drug-likeness (QED) is 0.497. The first-order valence-corrected chi connectivity index (χ1v) is 11.7. The Kier molecular flexibility index (Phi) is 8.19. The van der Waals surface area contributed by atoms with Crippen LogP contribution in [0, 0.1) is 6.92 Å². The van der Waals surface area contributed by atoms with Gasteiger partial charge >= 0.3 is 0 Å². The second-order valence-corrected chi connectivity index (χ2v) is 8.74. The van der Waals surface area contributed by atoms with E-state index >= 15 is 0 Å². The van der Waals surface area contributed by atoms with E-state index in [0.717, 1.165) is 28.9 Å². The largest absolute Gasteiger partial charge is 0.355 e. The van der Waals surface area contributed by atoms with Crippen LogP contribution in [0.15, 0.2) is 59.8 Å². The predicted octanol–water partition coefficient (Wildman–Crippen LogP) is 4.01. The third kappa shape index (κ3) is 6.94. The molecule has 0 fully saturated rings. The van der Waals surface area contributed by atoms with Crippen LogP contribution in [0.4, 0.5) is 0 Å². The molecule has 152 valence electrons. The van der Waals surface area contributed by atoms with E-state index in [1.807, 2.05) is 41.6 Å². The van der Waals surface area contributed by atoms with Gasteiger partial charge in [0.15, 0.2) is 5.16 Å². The van der Waals surface area contributed by atoms with Crippen LogP contribution in [0.3, 0.4) is 0 Å². The molecule has 1 aromatic heterocycles. The molecule has 7 heteroatoms. The van der Waals surface area contributed by atoms with Gasteiger partial charge in [0, 0.05) is 19.3 Å². The molecule has 3 rings (SSSR count). The Morgan fingerprint density at radius 1 is 1.00 bits per heavy atom. The molecule has 1 heterocycles. The van der Waals surface area contributed by atoms with Gasteiger partial charge in [0.25, 0.3) is 0 Å². The maximum Gasteiger partial charge on any atom is 0.230 e. The number of hydrogen-bond acceptors (Lipinski definition) is 5. The minimum absolute atomic E-state index is 0.0178. The number of carbonyl (C=O) groups excluding carboxylic acids is 1. The summed E-state index contributed by atoms with van der Waals surface area (Å²) in [7, 11) is 1.96. The molecule has 1 amide bonds. The van der Waals surface area contributed by atoms with E-state index in [2.05, 4.69) is 58.8 Å². The SMILES string of the molecule is Cc1ccc(CSCc2nnc(SCC(=O)NCCc3ccccc3)n2C)cc1. The first kappa shape index (κ1) is 21.5. The molecule has 0 atom stereocenters. The number of benzene rings is 2. The van der Waals surface area contributed by atoms with E-state index in [4.69, 9.17) is 0 Å². The number of nitrogens with one attached hydrogen (secondary N) is 1. The lowest BCUT2D eigenvalue weighted by molar-refractivity contribution is -0.118. The van der Waals surface area contributed by atoms with E-state index in [0.29, 0.717) is 12.3 Å². The Balaban J connectivity index is 1.38. The van der Waals surface area contributed by atoms with E-state index < -0.39 is 0 Å². The number of carbonyl (C=O) groups is 1. The summed E-state index contributed by atoms with van der Waals surface area (Å²) in [6.45, 7) is 2.74. The fourth-order valence-corrected chi connectivity index (χ4v) is 4.44. The summed E-state index contributed by atoms with van der Waals surface area (Å²) >= 11 is 3.24. The van der Waals surface area contributed by atoms with Crippen LogP contribution in [-0.4, -0.2) is 33.0 Å². The van der Waals surface area contributed by atoms with Crippen molar-refractivity contribution in [3.05, 3.63) is 77.1 Å². The first-order chi connectivity index (χ1) is 14.1. The zero-order valence-corrected chi connectivity index (χ0v) is 18.4. The van der Waals surface area contributed by atoms with Crippen LogP contribution < -0.4 is 5.32 Å². The summed E-state index contributed by atoms with van der Waals surface area (Å²) in [5, 5.41) is 12.3. The Hall–Kier alpha value is -2.25. The monoisotopic (exact) mass is 426 g/mol. The molecule has 0 saturated heterocycles. The summed E-state index contributed by atoms with van der Waals surface area (Å²) in [4.78, 5) is 12.1. The van der Waals surface area contributed by atoms with Crippen molar-refractivity contribution in [1.82, 2.24) is 20.1 Å². The van der Waals surface area contributed by atoms with Crippen molar-refractivity contribution in [3.63, 3.8) is 0 Å². The van der Waals surface area contributed by atoms with Crippen LogP contribution in [0.2, 0.25) is 0 Å². The first-order valence-electron chi connectivity index (χ1n) is 9.57. The summed E-state index contributed by atoms with van der Waals surface area (Å²) in [6, 6.07) is 18.8. The maximum atomic E-state index is 12.1. The molecule has 0 aliphatic rings. The van der Waals surface area contributed by atoms with Crippen molar-refractivity contribution in [2.24, 2.45) is 7.05 Å². The van der Waals surface area contributed by atoms with Gasteiger partial charge in [-0.25, -0.2) is 0 Å². The van der Waals surface area contributed by atoms with Crippen molar-refractivity contribution in [3.8, 4) is 0 Å². The molecule has 1 N–H and O–H groups in total. The molecular weight excluding hydrogens is 400 g/mol. The number of aromatic nitrogens is 3. The molecule has 0 aliphatic heterocycles. The van der Waals surface area contributed by atoms with Crippen molar-refractivity contribution in [2.45, 2.75) is 30.0 Å². The van der Waals surface area contributed by atoms with Crippen molar-refractivity contribution in [1.29, 1.82) is 0 Å². The minimum Gasteiger partial charge on any atom is -0.355 e. The molecule has 5 nitrogen and oxygen atoms in total. The number of nitrogens with zero attached hydrogens (tertiary/aromatic N) is 3. The highest BCUT2D eigenvalue weighted by Gasteiger charge is 2.11. The van der Waals surface area contributed by atoms with E-state index in [1.165, 1.54) is 28.5 Å². The molecule has 29 heavy (non-hydrogen) atoms. The zero-order chi connectivity index (χ0) is 20.5. The van der Waals surface area contributed by atoms with Gasteiger partial charge < -0.3 is 9.88 Å². The highest BCUT2D eigenvalue weighted by atomic mass is 32.2. The second kappa shape index (κ2) is 11.1. The normalized spacial score (nSPS) is 10.8. The summed E-state index contributed by atoms with van der Waals surface area (Å²) < 4.78 is 1.98. The van der Waals surface area contributed by atoms with Gasteiger partial charge in [-0.05, 0) is 24.5 Å². The lowest BCUT2D eigenvalue weighted by Crippen LogP contribution is -2.27. The van der Waals surface area contributed by atoms with Gasteiger partial charge in [0.1, 0.15) is 5.82 Å². The third-order valence-corrected chi connectivity index (χ3v) is 6.48. The Morgan fingerprint density at radius 2 is 1.76 bits per heavy atom. The minimum atomic E-state index is 0.0178. The highest BCUT2D eigenvalue weighted by Crippen LogP contribution is 2.20. The Morgan fingerprint density at radius 3 is 2.52 bits per heavy atom. The number of amides is 1. The number of hydrogen-bond donors (Lipinski definition) is 1. The highest BCUT2D eigenvalue weighted by molar-refractivity contribution is 7.99. The fourth-order valence-electron chi connectivity index (χ4n) is 2.71. The second-order valence-electron chi connectivity index (χ2n) is 6.81. The number of rotatable bonds is 10. The molecule has 2 aromatic carbocycles. The summed E-state index contributed by atoms with van der Waals surface area (Å²) in [5.41, 5.74) is 3.81. The van der Waals surface area contributed by atoms with Crippen LogP contribution in [-0.2, 0) is 29.8 Å². The smallest absolute Gasteiger partial charge is 0.230 e. The number of thioether (sulfide) groups is 2. The lowest BCUT2D eigenvalue weighted by atomic mass is 10.1. The third-order valence-electron chi connectivity index (χ3n) is 4.46. The van der Waals surface area contributed by atoms with E-state index in [-0.39, 0.29) is 5.91 Å². The summed E-state index contributed by atoms with van der Waals surface area (Å²) in [6.07, 6.45) is 0.837. The Labute approximate surface area is 180 Å². The lowest BCUT2D eigenvalue weighted by Gasteiger charge is -2.06. The number of aryl methyl sites for hydroxylation is 1. The van der Waals surface area contributed by atoms with Crippen LogP contribution in [0.5, 0.6) is 0 Å². The molecule has 3 aromatic rings. The molecule has 0 radical (unpaired) electrons. The van der Waals surface area contributed by atoms with Crippen molar-refractivity contribution < 1.29 is 4.79 Å². The molecule has 0 spiro atoms. The van der Waals surface area contributed by atoms with E-state index in [1.54, 1.807) is 0 Å². The van der Waals surface area contributed by atoms with Gasteiger partial charge in [-0.1, -0.05) is 71.9 Å². The Bertz CT molecular complexity index is 910. The van der Waals surface area contributed by atoms with Gasteiger partial charge in [-0.3, -0.25) is 4.79 Å². The molecule has 0 saturated carbocycles. The topological polar surface area (TPSA) is 59.8 Å². The van der Waals surface area contributed by atoms with Crippen LogP contribution in [0.25, 0.3) is 0 Å². The van der Waals surface area contributed by atoms with Crippen molar-refractivity contribution in [2.75, 3.05) is 12.3 Å². The predicted molar refractivity (Wildman–Crippen MR) is 121 cm³/mol. The van der Waals surface area contributed by atoms with Crippen molar-refractivity contribution >= 4 is 29.4 Å². The van der Waals surface area contributed by atoms with Gasteiger partial charge in [0.05, 0.1) is 11.5 Å². The average Bonchev–Trinajstić information content (AvgIpc) is 3.08. The van der Waals surface area contributed by atoms with E-state index in [9.17, 15) is 4.79 Å². The summed E-state index contributed by atoms with van der Waals surface area (Å²) in [5.74, 6) is 3.02. The molecule has 0 bridgehead atoms. The molecular formula is C22H26N4OS2. The molecule has 0 aliphatic carbocycles. The standard InChI is InChI=1S/C22H26N4OS2/c1-17-8-10-19(11-9-17)14-28-15-20-24-25-22(26(20)2)29-16-21(27)23-13-12-18-6-4-3-5-7-18/h3-11H,12-16H2,1-2H3,(H,23,27). The maximum absolute atomic E-state index is 12.1. The van der Waals surface area contributed by atoms with Gasteiger partial charge in [-0.2, -0.15) is 0 Å². The fraction of sp³-hybridized carbons (Fsp3) is 0.318. The van der Waals surface area contributed by atoms with Crippen LogP contribution in [0.1, 0.15) is 22.5 Å².